The first-order chi connectivity index (χ1) is 11.4. The van der Waals surface area contributed by atoms with Gasteiger partial charge in [0.2, 0.25) is 11.8 Å². The summed E-state index contributed by atoms with van der Waals surface area (Å²) in [6, 6.07) is 0.504. The van der Waals surface area contributed by atoms with Crippen molar-refractivity contribution < 1.29 is 9.59 Å². The second kappa shape index (κ2) is 15.4. The molecule has 0 radical (unpaired) electrons. The molecule has 24 heavy (non-hydrogen) atoms. The van der Waals surface area contributed by atoms with Gasteiger partial charge in [-0.05, 0) is 31.7 Å². The average molecular weight is 342 g/mol. The largest absolute Gasteiger partial charge is 0.356 e. The molecule has 0 aromatic carbocycles. The zero-order valence-electron chi connectivity index (χ0n) is 16.2. The lowest BCUT2D eigenvalue weighted by Crippen LogP contribution is -2.29. The van der Waals surface area contributed by atoms with Gasteiger partial charge in [-0.15, -0.1) is 0 Å². The molecule has 0 heterocycles. The van der Waals surface area contributed by atoms with Crippen LogP contribution in [0.4, 0.5) is 0 Å². The highest BCUT2D eigenvalue weighted by atomic mass is 16.2. The Bertz CT molecular complexity index is 331. The van der Waals surface area contributed by atoms with E-state index in [1.807, 2.05) is 0 Å². The van der Waals surface area contributed by atoms with Crippen LogP contribution < -0.4 is 16.0 Å². The van der Waals surface area contributed by atoms with E-state index in [1.54, 1.807) is 0 Å². The zero-order chi connectivity index (χ0) is 18.2. The molecule has 0 rings (SSSR count). The third-order valence-electron chi connectivity index (χ3n) is 3.72. The summed E-state index contributed by atoms with van der Waals surface area (Å²) in [6.07, 6.45) is 7.53. The molecule has 0 aliphatic heterocycles. The smallest absolute Gasteiger partial charge is 0.220 e. The number of hydrogen-bond acceptors (Lipinski definition) is 3. The molecule has 2 amide bonds. The molecule has 0 unspecified atom stereocenters. The number of amides is 2. The van der Waals surface area contributed by atoms with Gasteiger partial charge in [0.1, 0.15) is 0 Å². The van der Waals surface area contributed by atoms with Crippen molar-refractivity contribution in [3.8, 4) is 0 Å². The summed E-state index contributed by atoms with van der Waals surface area (Å²) in [7, 11) is 0. The van der Waals surface area contributed by atoms with Crippen LogP contribution >= 0.6 is 0 Å². The van der Waals surface area contributed by atoms with E-state index in [1.165, 1.54) is 0 Å². The summed E-state index contributed by atoms with van der Waals surface area (Å²) < 4.78 is 0. The fourth-order valence-electron chi connectivity index (χ4n) is 2.41. The maximum atomic E-state index is 11.7. The Kier molecular flexibility index (Phi) is 14.7. The first-order valence-electron chi connectivity index (χ1n) is 9.68. The molecule has 5 nitrogen and oxygen atoms in total. The van der Waals surface area contributed by atoms with Crippen molar-refractivity contribution >= 4 is 11.8 Å². The first kappa shape index (κ1) is 22.9. The first-order valence-corrected chi connectivity index (χ1v) is 9.68. The zero-order valence-corrected chi connectivity index (χ0v) is 16.2. The van der Waals surface area contributed by atoms with Gasteiger partial charge in [0.05, 0.1) is 0 Å². The molecule has 0 fully saturated rings. The molecule has 0 aliphatic carbocycles. The molecular weight excluding hydrogens is 302 g/mol. The molecule has 0 saturated heterocycles. The van der Waals surface area contributed by atoms with Gasteiger partial charge in [-0.25, -0.2) is 0 Å². The fraction of sp³-hybridized carbons (Fsp3) is 0.895. The van der Waals surface area contributed by atoms with E-state index >= 15 is 0 Å². The van der Waals surface area contributed by atoms with Crippen molar-refractivity contribution in [3.63, 3.8) is 0 Å². The summed E-state index contributed by atoms with van der Waals surface area (Å²) in [5.74, 6) is 0.744. The van der Waals surface area contributed by atoms with E-state index in [0.717, 1.165) is 58.2 Å². The Morgan fingerprint density at radius 2 is 1.29 bits per heavy atom. The van der Waals surface area contributed by atoms with E-state index in [-0.39, 0.29) is 11.8 Å². The van der Waals surface area contributed by atoms with Crippen LogP contribution in [0.1, 0.15) is 79.1 Å². The maximum absolute atomic E-state index is 11.7. The number of carbonyl (C=O) groups is 2. The molecule has 0 aliphatic rings. The number of rotatable bonds is 15. The molecule has 0 spiro atoms. The van der Waals surface area contributed by atoms with Crippen LogP contribution in [-0.2, 0) is 9.59 Å². The van der Waals surface area contributed by atoms with Crippen molar-refractivity contribution in [1.29, 1.82) is 0 Å². The average Bonchev–Trinajstić information content (AvgIpc) is 2.48. The molecule has 0 atom stereocenters. The summed E-state index contributed by atoms with van der Waals surface area (Å²) >= 11 is 0. The Balaban J connectivity index is 3.29. The normalized spacial score (nSPS) is 11.1. The van der Waals surface area contributed by atoms with Crippen molar-refractivity contribution in [2.75, 3.05) is 19.6 Å². The third-order valence-corrected chi connectivity index (χ3v) is 3.72. The second-order valence-corrected chi connectivity index (χ2v) is 7.28. The van der Waals surface area contributed by atoms with Crippen LogP contribution in [0.3, 0.4) is 0 Å². The highest BCUT2D eigenvalue weighted by Crippen LogP contribution is 2.05. The SMILES string of the molecule is CC(C)CC(=O)NCCCCCCCC(=O)NCCCNC(C)C. The molecular formula is C19H39N3O2. The van der Waals surface area contributed by atoms with Crippen LogP contribution in [0.5, 0.6) is 0 Å². The molecule has 3 N–H and O–H groups in total. The van der Waals surface area contributed by atoms with E-state index in [9.17, 15) is 9.59 Å². The van der Waals surface area contributed by atoms with Gasteiger partial charge in [0, 0.05) is 32.0 Å². The minimum absolute atomic E-state index is 0.158. The van der Waals surface area contributed by atoms with Crippen molar-refractivity contribution in [2.45, 2.75) is 85.1 Å². The van der Waals surface area contributed by atoms with Crippen LogP contribution in [0.2, 0.25) is 0 Å². The van der Waals surface area contributed by atoms with Crippen molar-refractivity contribution in [2.24, 2.45) is 5.92 Å². The predicted molar refractivity (Wildman–Crippen MR) is 101 cm³/mol. The van der Waals surface area contributed by atoms with Crippen LogP contribution in [0, 0.1) is 5.92 Å². The van der Waals surface area contributed by atoms with E-state index in [2.05, 4.69) is 43.6 Å². The highest BCUT2D eigenvalue weighted by molar-refractivity contribution is 5.76. The van der Waals surface area contributed by atoms with E-state index in [0.29, 0.717) is 24.8 Å². The Hall–Kier alpha value is -1.10. The number of carbonyl (C=O) groups excluding carboxylic acids is 2. The van der Waals surface area contributed by atoms with Crippen molar-refractivity contribution in [1.82, 2.24) is 16.0 Å². The lowest BCUT2D eigenvalue weighted by Gasteiger charge is -2.09. The number of unbranched alkanes of at least 4 members (excludes halogenated alkanes) is 4. The lowest BCUT2D eigenvalue weighted by atomic mass is 10.1. The summed E-state index contributed by atoms with van der Waals surface area (Å²) in [5.41, 5.74) is 0. The number of hydrogen-bond donors (Lipinski definition) is 3. The Morgan fingerprint density at radius 3 is 1.96 bits per heavy atom. The van der Waals surface area contributed by atoms with Gasteiger partial charge in [-0.1, -0.05) is 47.0 Å². The Morgan fingerprint density at radius 1 is 0.708 bits per heavy atom. The van der Waals surface area contributed by atoms with Crippen LogP contribution in [0.15, 0.2) is 0 Å². The molecule has 0 aromatic rings. The van der Waals surface area contributed by atoms with Crippen LogP contribution in [0.25, 0.3) is 0 Å². The molecule has 0 saturated carbocycles. The van der Waals surface area contributed by atoms with E-state index < -0.39 is 0 Å². The maximum Gasteiger partial charge on any atom is 0.220 e. The van der Waals surface area contributed by atoms with E-state index in [4.69, 9.17) is 0 Å². The second-order valence-electron chi connectivity index (χ2n) is 7.28. The lowest BCUT2D eigenvalue weighted by molar-refractivity contribution is -0.122. The van der Waals surface area contributed by atoms with Crippen molar-refractivity contribution in [3.05, 3.63) is 0 Å². The van der Waals surface area contributed by atoms with Gasteiger partial charge < -0.3 is 16.0 Å². The van der Waals surface area contributed by atoms with Gasteiger partial charge in [-0.3, -0.25) is 9.59 Å². The van der Waals surface area contributed by atoms with Gasteiger partial charge >= 0.3 is 0 Å². The standard InChI is InChI=1S/C19H39N3O2/c1-16(2)15-19(24)22-12-9-7-5-6-8-11-18(23)21-14-10-13-20-17(3)4/h16-17,20H,5-15H2,1-4H3,(H,21,23)(H,22,24). The molecule has 5 heteroatoms. The molecule has 0 bridgehead atoms. The topological polar surface area (TPSA) is 70.2 Å². The summed E-state index contributed by atoms with van der Waals surface area (Å²) in [6.45, 7) is 10.8. The van der Waals surface area contributed by atoms with Gasteiger partial charge in [0.25, 0.3) is 0 Å². The minimum atomic E-state index is 0.158. The van der Waals surface area contributed by atoms with Gasteiger partial charge in [-0.2, -0.15) is 0 Å². The third kappa shape index (κ3) is 17.3. The fourth-order valence-corrected chi connectivity index (χ4v) is 2.41. The molecule has 142 valence electrons. The highest BCUT2D eigenvalue weighted by Gasteiger charge is 2.03. The summed E-state index contributed by atoms with van der Waals surface area (Å²) in [4.78, 5) is 23.1. The Labute approximate surface area is 148 Å². The molecule has 0 aromatic heterocycles. The monoisotopic (exact) mass is 341 g/mol. The quantitative estimate of drug-likeness (QED) is 0.401. The summed E-state index contributed by atoms with van der Waals surface area (Å²) in [5, 5.41) is 9.26. The van der Waals surface area contributed by atoms with Gasteiger partial charge in [0.15, 0.2) is 0 Å². The van der Waals surface area contributed by atoms with Crippen LogP contribution in [-0.4, -0.2) is 37.5 Å². The minimum Gasteiger partial charge on any atom is -0.356 e. The number of nitrogens with one attached hydrogen (secondary N) is 3. The predicted octanol–water partition coefficient (Wildman–Crippen LogP) is 2.99.